The normalized spacial score (nSPS) is 14.6. The molecule has 162 valence electrons. The lowest BCUT2D eigenvalue weighted by Gasteiger charge is -2.34. The Kier molecular flexibility index (Phi) is 6.04. The first kappa shape index (κ1) is 20.5. The summed E-state index contributed by atoms with van der Waals surface area (Å²) in [5.41, 5.74) is 4.05. The Balaban J connectivity index is 1.15. The summed E-state index contributed by atoms with van der Waals surface area (Å²) in [6, 6.07) is 14.0. The molecule has 0 atom stereocenters. The fraction of sp³-hybridized carbons (Fsp3) is 0.250. The fourth-order valence-corrected chi connectivity index (χ4v) is 4.47. The van der Waals surface area contributed by atoms with Crippen molar-refractivity contribution in [3.8, 4) is 22.8 Å². The zero-order chi connectivity index (χ0) is 21.8. The van der Waals surface area contributed by atoms with Gasteiger partial charge in [0, 0.05) is 50.7 Å². The second-order valence-corrected chi connectivity index (χ2v) is 8.61. The second kappa shape index (κ2) is 9.42. The van der Waals surface area contributed by atoms with Gasteiger partial charge in [-0.25, -0.2) is 0 Å². The molecule has 0 spiro atoms. The summed E-state index contributed by atoms with van der Waals surface area (Å²) < 4.78 is 5.38. The van der Waals surface area contributed by atoms with Gasteiger partial charge in [0.05, 0.1) is 12.0 Å². The number of carbonyl (C=O) groups excluding carboxylic acids is 1. The van der Waals surface area contributed by atoms with E-state index < -0.39 is 0 Å². The predicted molar refractivity (Wildman–Crippen MR) is 123 cm³/mol. The molecular weight excluding hydrogens is 422 g/mol. The highest BCUT2D eigenvalue weighted by atomic mass is 32.1. The second-order valence-electron chi connectivity index (χ2n) is 7.83. The summed E-state index contributed by atoms with van der Waals surface area (Å²) in [6.45, 7) is 4.19. The van der Waals surface area contributed by atoms with E-state index in [9.17, 15) is 4.79 Å². The standard InChI is InChI=1S/C24H23N5O2S/c30-22(14-19-7-13-32-17-19)29-11-9-28(10-12-29)16-18-3-5-20(6-4-18)23-26-24(31-27-23)21-2-1-8-25-15-21/h1-8,13,15,17H,9-12,14,16H2. The highest BCUT2D eigenvalue weighted by Gasteiger charge is 2.21. The van der Waals surface area contributed by atoms with Crippen LogP contribution in [-0.2, 0) is 17.8 Å². The number of aromatic nitrogens is 3. The smallest absolute Gasteiger partial charge is 0.259 e. The third-order valence-electron chi connectivity index (χ3n) is 5.61. The molecule has 1 amide bonds. The number of carbonyl (C=O) groups is 1. The first-order valence-electron chi connectivity index (χ1n) is 10.6. The van der Waals surface area contributed by atoms with Crippen molar-refractivity contribution >= 4 is 17.2 Å². The Hall–Kier alpha value is -3.36. The Morgan fingerprint density at radius 1 is 1.00 bits per heavy atom. The van der Waals surface area contributed by atoms with E-state index in [-0.39, 0.29) is 5.91 Å². The van der Waals surface area contributed by atoms with Gasteiger partial charge in [-0.05, 0) is 40.1 Å². The van der Waals surface area contributed by atoms with Crippen molar-refractivity contribution in [3.05, 3.63) is 76.7 Å². The molecule has 7 nitrogen and oxygen atoms in total. The van der Waals surface area contributed by atoms with Gasteiger partial charge in [-0.15, -0.1) is 0 Å². The van der Waals surface area contributed by atoms with Crippen molar-refractivity contribution in [1.82, 2.24) is 24.9 Å². The lowest BCUT2D eigenvalue weighted by molar-refractivity contribution is -0.132. The maximum absolute atomic E-state index is 12.5. The van der Waals surface area contributed by atoms with E-state index in [1.165, 1.54) is 5.56 Å². The first-order valence-corrected chi connectivity index (χ1v) is 11.5. The molecule has 4 heterocycles. The van der Waals surface area contributed by atoms with Gasteiger partial charge in [-0.1, -0.05) is 29.4 Å². The largest absolute Gasteiger partial charge is 0.340 e. The highest BCUT2D eigenvalue weighted by molar-refractivity contribution is 7.08. The third-order valence-corrected chi connectivity index (χ3v) is 6.35. The maximum atomic E-state index is 12.5. The summed E-state index contributed by atoms with van der Waals surface area (Å²) in [7, 11) is 0. The van der Waals surface area contributed by atoms with Crippen LogP contribution in [0.5, 0.6) is 0 Å². The molecule has 1 fully saturated rings. The van der Waals surface area contributed by atoms with E-state index in [1.54, 1.807) is 23.7 Å². The van der Waals surface area contributed by atoms with Gasteiger partial charge in [0.15, 0.2) is 0 Å². The number of pyridine rings is 1. The lowest BCUT2D eigenvalue weighted by atomic mass is 10.1. The van der Waals surface area contributed by atoms with E-state index in [1.807, 2.05) is 46.0 Å². The quantitative estimate of drug-likeness (QED) is 0.450. The van der Waals surface area contributed by atoms with Gasteiger partial charge in [0.2, 0.25) is 11.7 Å². The van der Waals surface area contributed by atoms with E-state index in [2.05, 4.69) is 32.2 Å². The molecule has 0 N–H and O–H groups in total. The number of thiophene rings is 1. The minimum Gasteiger partial charge on any atom is -0.340 e. The Morgan fingerprint density at radius 3 is 2.56 bits per heavy atom. The number of hydrogen-bond acceptors (Lipinski definition) is 7. The summed E-state index contributed by atoms with van der Waals surface area (Å²) >= 11 is 1.63. The molecule has 1 saturated heterocycles. The summed E-state index contributed by atoms with van der Waals surface area (Å²) in [5, 5.41) is 8.16. The van der Waals surface area contributed by atoms with Gasteiger partial charge >= 0.3 is 0 Å². The maximum Gasteiger partial charge on any atom is 0.259 e. The molecule has 1 aliphatic rings. The van der Waals surface area contributed by atoms with Crippen LogP contribution in [0, 0.1) is 0 Å². The van der Waals surface area contributed by atoms with E-state index in [4.69, 9.17) is 4.52 Å². The van der Waals surface area contributed by atoms with Gasteiger partial charge in [0.25, 0.3) is 5.89 Å². The SMILES string of the molecule is O=C(Cc1ccsc1)N1CCN(Cc2ccc(-c3noc(-c4cccnc4)n3)cc2)CC1. The van der Waals surface area contributed by atoms with Crippen molar-refractivity contribution in [1.29, 1.82) is 0 Å². The van der Waals surface area contributed by atoms with Gasteiger partial charge in [-0.2, -0.15) is 16.3 Å². The molecule has 5 rings (SSSR count). The van der Waals surface area contributed by atoms with Gasteiger partial charge in [0.1, 0.15) is 0 Å². The van der Waals surface area contributed by atoms with E-state index in [0.29, 0.717) is 18.1 Å². The molecule has 32 heavy (non-hydrogen) atoms. The fourth-order valence-electron chi connectivity index (χ4n) is 3.80. The molecule has 4 aromatic rings. The molecule has 0 bridgehead atoms. The molecule has 0 unspecified atom stereocenters. The lowest BCUT2D eigenvalue weighted by Crippen LogP contribution is -2.48. The average molecular weight is 446 g/mol. The van der Waals surface area contributed by atoms with Crippen LogP contribution in [0.25, 0.3) is 22.8 Å². The number of piperazine rings is 1. The monoisotopic (exact) mass is 445 g/mol. The number of nitrogens with zero attached hydrogens (tertiary/aromatic N) is 5. The Labute approximate surface area is 190 Å². The van der Waals surface area contributed by atoms with Crippen LogP contribution >= 0.6 is 11.3 Å². The van der Waals surface area contributed by atoms with Gasteiger partial charge in [-0.3, -0.25) is 14.7 Å². The van der Waals surface area contributed by atoms with Crippen molar-refractivity contribution in [2.75, 3.05) is 26.2 Å². The van der Waals surface area contributed by atoms with Crippen LogP contribution in [0.15, 0.2) is 70.1 Å². The van der Waals surface area contributed by atoms with Crippen LogP contribution in [0.1, 0.15) is 11.1 Å². The number of benzene rings is 1. The van der Waals surface area contributed by atoms with Crippen molar-refractivity contribution in [2.45, 2.75) is 13.0 Å². The number of rotatable bonds is 6. The molecule has 0 aliphatic carbocycles. The Morgan fingerprint density at radius 2 is 1.84 bits per heavy atom. The van der Waals surface area contributed by atoms with E-state index >= 15 is 0 Å². The first-order chi connectivity index (χ1) is 15.7. The molecular formula is C24H23N5O2S. The molecule has 8 heteroatoms. The topological polar surface area (TPSA) is 75.4 Å². The van der Waals surface area contributed by atoms with Crippen LogP contribution in [0.3, 0.4) is 0 Å². The highest BCUT2D eigenvalue weighted by Crippen LogP contribution is 2.22. The molecule has 3 aromatic heterocycles. The van der Waals surface area contributed by atoms with Crippen LogP contribution in [0.4, 0.5) is 0 Å². The summed E-state index contributed by atoms with van der Waals surface area (Å²) in [6.07, 6.45) is 3.92. The summed E-state index contributed by atoms with van der Waals surface area (Å²) in [5.74, 6) is 1.25. The third kappa shape index (κ3) is 4.76. The van der Waals surface area contributed by atoms with Crippen molar-refractivity contribution in [3.63, 3.8) is 0 Å². The number of amides is 1. The Bertz CT molecular complexity index is 1150. The van der Waals surface area contributed by atoms with Crippen LogP contribution in [-0.4, -0.2) is 57.0 Å². The predicted octanol–water partition coefficient (Wildman–Crippen LogP) is 3.75. The van der Waals surface area contributed by atoms with Crippen LogP contribution in [0.2, 0.25) is 0 Å². The molecule has 0 radical (unpaired) electrons. The van der Waals surface area contributed by atoms with Crippen LogP contribution < -0.4 is 0 Å². The summed E-state index contributed by atoms with van der Waals surface area (Å²) in [4.78, 5) is 25.4. The molecule has 1 aliphatic heterocycles. The zero-order valence-corrected chi connectivity index (χ0v) is 18.4. The average Bonchev–Trinajstić information content (AvgIpc) is 3.53. The molecule has 0 saturated carbocycles. The zero-order valence-electron chi connectivity index (χ0n) is 17.6. The van der Waals surface area contributed by atoms with Crippen molar-refractivity contribution in [2.24, 2.45) is 0 Å². The van der Waals surface area contributed by atoms with E-state index in [0.717, 1.165) is 49.4 Å². The van der Waals surface area contributed by atoms with Gasteiger partial charge < -0.3 is 9.42 Å². The minimum atomic E-state index is 0.221. The number of hydrogen-bond donors (Lipinski definition) is 0. The minimum absolute atomic E-state index is 0.221. The molecule has 1 aromatic carbocycles. The van der Waals surface area contributed by atoms with Crippen molar-refractivity contribution < 1.29 is 9.32 Å².